The molecule has 0 amide bonds. The summed E-state index contributed by atoms with van der Waals surface area (Å²) in [4.78, 5) is 0. The highest BCUT2D eigenvalue weighted by Gasteiger charge is 2.22. The molecule has 45 heavy (non-hydrogen) atoms. The monoisotopic (exact) mass is 596 g/mol. The quantitative estimate of drug-likeness (QED) is 0.184. The molecule has 0 aromatic heterocycles. The summed E-state index contributed by atoms with van der Waals surface area (Å²) in [6.07, 6.45) is 0. The van der Waals surface area contributed by atoms with Crippen molar-refractivity contribution < 1.29 is 40.4 Å². The predicted octanol–water partition coefficient (Wildman–Crippen LogP) is 12.5. The Labute approximate surface area is 297 Å². The van der Waals surface area contributed by atoms with Crippen LogP contribution in [0.3, 0.4) is 0 Å². The molecule has 1 heteroatoms. The topological polar surface area (TPSA) is 9.23 Å². The standard InChI is InChI=1S/C44H26O/c1-2-8-27(9-3-1)31-24-32(34-20-18-30-17-16-28-10-6-11-29-19-21-39(34)43(30)42(28)29)26-33(25-31)35-22-23-41-44-37(35)13-7-14-38(44)36-12-4-5-15-40(36)45-41/h1-26H/i1D,2D,3D,4D,5D,6D,7D,8D,9D,10D,11D,12D,13D,14D,15D,16D,17D,18D,19D,20D,21D,22D,23D,24D,25D,26D. The summed E-state index contributed by atoms with van der Waals surface area (Å²) in [5.74, 6) is -1.22. The van der Waals surface area contributed by atoms with Crippen molar-refractivity contribution in [1.82, 2.24) is 0 Å². The largest absolute Gasteiger partial charge is 0.456 e. The molecule has 0 radical (unpaired) electrons. The van der Waals surface area contributed by atoms with Crippen molar-refractivity contribution in [2.24, 2.45) is 0 Å². The van der Waals surface area contributed by atoms with Gasteiger partial charge in [-0.3, -0.25) is 0 Å². The summed E-state index contributed by atoms with van der Waals surface area (Å²) < 4.78 is 241. The van der Waals surface area contributed by atoms with Crippen LogP contribution >= 0.6 is 0 Å². The minimum Gasteiger partial charge on any atom is -0.456 e. The summed E-state index contributed by atoms with van der Waals surface area (Å²) >= 11 is 0. The molecule has 0 fully saturated rings. The van der Waals surface area contributed by atoms with E-state index in [1.54, 1.807) is 0 Å². The van der Waals surface area contributed by atoms with Crippen LogP contribution in [-0.4, -0.2) is 0 Å². The van der Waals surface area contributed by atoms with Crippen LogP contribution in [0, 0.1) is 0 Å². The number of ether oxygens (including phenoxy) is 1. The van der Waals surface area contributed by atoms with Crippen molar-refractivity contribution in [2.75, 3.05) is 0 Å². The number of fused-ring (bicyclic) bond motifs is 2. The van der Waals surface area contributed by atoms with Crippen LogP contribution < -0.4 is 4.74 Å². The number of hydrogen-bond donors (Lipinski definition) is 0. The fraction of sp³-hybridized carbons (Fsp3) is 0. The van der Waals surface area contributed by atoms with Crippen molar-refractivity contribution in [3.05, 3.63) is 157 Å². The lowest BCUT2D eigenvalue weighted by Crippen LogP contribution is -1.97. The van der Waals surface area contributed by atoms with Gasteiger partial charge >= 0.3 is 0 Å². The second-order valence-electron chi connectivity index (χ2n) is 10.0. The Kier molecular flexibility index (Phi) is 2.13. The molecule has 208 valence electrons. The molecule has 10 rings (SSSR count). The molecule has 0 bridgehead atoms. The molecular weight excluding hydrogens is 544 g/mol. The molecule has 1 heterocycles. The lowest BCUT2D eigenvalue weighted by molar-refractivity contribution is 0.487. The summed E-state index contributed by atoms with van der Waals surface area (Å²) in [7, 11) is 0. The Balaban J connectivity index is 1.51. The minimum atomic E-state index is -1.07. The zero-order valence-electron chi connectivity index (χ0n) is 48.4. The average Bonchev–Trinajstić information content (AvgIpc) is 3.33. The van der Waals surface area contributed by atoms with E-state index in [-0.39, 0.29) is 10.8 Å². The van der Waals surface area contributed by atoms with Gasteiger partial charge in [0.15, 0.2) is 0 Å². The molecular formula is C44H26O. The van der Waals surface area contributed by atoms with E-state index in [0.717, 1.165) is 0 Å². The fourth-order valence-corrected chi connectivity index (χ4v) is 5.64. The number of para-hydroxylation sites is 1. The molecule has 0 N–H and O–H groups in total. The number of hydrogen-bond acceptors (Lipinski definition) is 1. The van der Waals surface area contributed by atoms with Gasteiger partial charge in [-0.15, -0.1) is 0 Å². The van der Waals surface area contributed by atoms with E-state index in [4.69, 9.17) is 26.7 Å². The number of rotatable bonds is 3. The van der Waals surface area contributed by atoms with E-state index in [1.807, 2.05) is 0 Å². The number of benzene rings is 9. The molecule has 0 atom stereocenters. The van der Waals surface area contributed by atoms with Crippen molar-refractivity contribution >= 4 is 43.1 Å². The van der Waals surface area contributed by atoms with Gasteiger partial charge in [-0.1, -0.05) is 127 Å². The predicted molar refractivity (Wildman–Crippen MR) is 189 cm³/mol. The van der Waals surface area contributed by atoms with Gasteiger partial charge in [0.1, 0.15) is 11.5 Å². The van der Waals surface area contributed by atoms with Crippen LogP contribution in [0.25, 0.3) is 87.6 Å². The van der Waals surface area contributed by atoms with Crippen LogP contribution in [-0.2, 0) is 0 Å². The van der Waals surface area contributed by atoms with Crippen molar-refractivity contribution in [3.8, 4) is 56.0 Å². The third-order valence-electron chi connectivity index (χ3n) is 7.57. The molecule has 1 aliphatic heterocycles. The fourth-order valence-electron chi connectivity index (χ4n) is 5.64. The summed E-state index contributed by atoms with van der Waals surface area (Å²) in [6, 6.07) is -22.9. The normalized spacial score (nSPS) is 20.3. The Morgan fingerprint density at radius 1 is 0.333 bits per heavy atom. The summed E-state index contributed by atoms with van der Waals surface area (Å²) in [6.45, 7) is 0. The third-order valence-corrected chi connectivity index (χ3v) is 7.57. The zero-order valence-corrected chi connectivity index (χ0v) is 22.4. The highest BCUT2D eigenvalue weighted by Crippen LogP contribution is 2.49. The van der Waals surface area contributed by atoms with Crippen LogP contribution in [0.5, 0.6) is 11.5 Å². The lowest BCUT2D eigenvalue weighted by atomic mass is 9.86. The Morgan fingerprint density at radius 2 is 0.933 bits per heavy atom. The SMILES string of the molecule is [2H]c1c([2H])c([2H])c(-c2c([2H])c(-c3c([2H])c([2H])c4c5c(c([2H])c([2H])c([2H])c35)-c3c([2H])c([2H])c([2H])c([2H])c3O4)c([2H])c(-c3c([2H])c([2H])c4c([2H])c([2H])c5c([2H])c([2H])c([2H])c6c([2H])c([2H])c3c4c56)c2[2H])c([2H])c1[2H]. The highest BCUT2D eigenvalue weighted by molar-refractivity contribution is 6.25. The molecule has 1 aliphatic rings. The van der Waals surface area contributed by atoms with E-state index in [1.165, 1.54) is 0 Å². The highest BCUT2D eigenvalue weighted by atomic mass is 16.5. The van der Waals surface area contributed by atoms with Gasteiger partial charge in [0, 0.05) is 10.9 Å². The van der Waals surface area contributed by atoms with Gasteiger partial charge in [-0.2, -0.15) is 0 Å². The van der Waals surface area contributed by atoms with Gasteiger partial charge in [0.25, 0.3) is 0 Å². The van der Waals surface area contributed by atoms with Gasteiger partial charge in [0.05, 0.1) is 35.6 Å². The smallest absolute Gasteiger partial charge is 0.135 e. The second-order valence-corrected chi connectivity index (χ2v) is 10.0. The molecule has 0 unspecified atom stereocenters. The van der Waals surface area contributed by atoms with Gasteiger partial charge in [-0.05, 0) is 107 Å². The molecule has 9 aromatic rings. The van der Waals surface area contributed by atoms with E-state index in [0.29, 0.717) is 0 Å². The second kappa shape index (κ2) is 9.29. The molecule has 9 aromatic carbocycles. The lowest BCUT2D eigenvalue weighted by Gasteiger charge is -2.23. The Hall–Kier alpha value is -5.92. The first-order chi connectivity index (χ1) is 33.2. The third kappa shape index (κ3) is 3.62. The summed E-state index contributed by atoms with van der Waals surface area (Å²) in [5, 5.41) is -3.74. The zero-order chi connectivity index (χ0) is 52.1. The Bertz CT molecular complexity index is 4030. The van der Waals surface area contributed by atoms with E-state index >= 15 is 0 Å². The molecule has 0 saturated heterocycles. The first-order valence-electron chi connectivity index (χ1n) is 26.4. The van der Waals surface area contributed by atoms with Crippen LogP contribution in [0.4, 0.5) is 0 Å². The minimum absolute atomic E-state index is 0.318. The molecule has 0 aliphatic carbocycles. The van der Waals surface area contributed by atoms with Crippen molar-refractivity contribution in [3.63, 3.8) is 0 Å². The van der Waals surface area contributed by atoms with Gasteiger partial charge in [-0.25, -0.2) is 0 Å². The van der Waals surface area contributed by atoms with Crippen LogP contribution in [0.1, 0.15) is 35.6 Å². The van der Waals surface area contributed by atoms with E-state index < -0.39 is 245 Å². The van der Waals surface area contributed by atoms with Crippen molar-refractivity contribution in [1.29, 1.82) is 0 Å². The first kappa shape index (κ1) is 10.3. The van der Waals surface area contributed by atoms with E-state index in [9.17, 15) is 13.7 Å². The van der Waals surface area contributed by atoms with Gasteiger partial charge in [0.2, 0.25) is 0 Å². The van der Waals surface area contributed by atoms with E-state index in [2.05, 4.69) is 0 Å². The molecule has 0 spiro atoms. The van der Waals surface area contributed by atoms with Gasteiger partial charge < -0.3 is 4.74 Å². The van der Waals surface area contributed by atoms with Crippen LogP contribution in [0.15, 0.2) is 157 Å². The first-order valence-corrected chi connectivity index (χ1v) is 13.4. The Morgan fingerprint density at radius 3 is 1.76 bits per heavy atom. The van der Waals surface area contributed by atoms with Crippen LogP contribution in [0.2, 0.25) is 0 Å². The van der Waals surface area contributed by atoms with Crippen molar-refractivity contribution in [2.45, 2.75) is 0 Å². The maximum atomic E-state index is 10.0. The average molecular weight is 597 g/mol. The molecule has 0 saturated carbocycles. The maximum absolute atomic E-state index is 10.0. The summed E-state index contributed by atoms with van der Waals surface area (Å²) in [5.41, 5.74) is -5.99. The molecule has 1 nitrogen and oxygen atoms in total. The maximum Gasteiger partial charge on any atom is 0.135 e.